The summed E-state index contributed by atoms with van der Waals surface area (Å²) in [6, 6.07) is 6.10. The monoisotopic (exact) mass is 409 g/mol. The lowest BCUT2D eigenvalue weighted by molar-refractivity contribution is -0.119. The van der Waals surface area contributed by atoms with Gasteiger partial charge in [-0.2, -0.15) is 10.1 Å². The highest BCUT2D eigenvalue weighted by Crippen LogP contribution is 2.35. The molecule has 1 atom stereocenters. The number of halogens is 1. The van der Waals surface area contributed by atoms with Gasteiger partial charge in [0.05, 0.1) is 18.4 Å². The molecule has 0 radical (unpaired) electrons. The Balaban J connectivity index is 1.47. The second kappa shape index (κ2) is 7.74. The molecule has 30 heavy (non-hydrogen) atoms. The van der Waals surface area contributed by atoms with Gasteiger partial charge in [0.1, 0.15) is 17.5 Å². The normalized spacial score (nSPS) is 16.0. The number of amides is 1. The van der Waals surface area contributed by atoms with Crippen molar-refractivity contribution in [1.82, 2.24) is 19.7 Å². The zero-order valence-electron chi connectivity index (χ0n) is 17.4. The standard InChI is InChI=1S/C21H24FN7O/c1-13-18-19(27(3)14(2)20(30)28(18)4)26-21(25-13)23-9-16-10-24-29(12-16)11-15-5-7-17(22)8-6-15/h5-8,10,12,14H,9,11H2,1-4H3,(H,23,25,26)/t14-/m1/s1. The van der Waals surface area contributed by atoms with Crippen molar-refractivity contribution < 1.29 is 9.18 Å². The average molecular weight is 409 g/mol. The Hall–Kier alpha value is -3.49. The topological polar surface area (TPSA) is 79.2 Å². The Kier molecular flexibility index (Phi) is 5.11. The Morgan fingerprint density at radius 3 is 2.60 bits per heavy atom. The highest BCUT2D eigenvalue weighted by Gasteiger charge is 2.34. The van der Waals surface area contributed by atoms with E-state index in [0.717, 1.165) is 28.3 Å². The summed E-state index contributed by atoms with van der Waals surface area (Å²) < 4.78 is 14.9. The quantitative estimate of drug-likeness (QED) is 0.698. The fourth-order valence-corrected chi connectivity index (χ4v) is 3.55. The van der Waals surface area contributed by atoms with Crippen LogP contribution in [-0.4, -0.2) is 45.8 Å². The van der Waals surface area contributed by atoms with Crippen LogP contribution in [0.25, 0.3) is 0 Å². The zero-order chi connectivity index (χ0) is 21.4. The van der Waals surface area contributed by atoms with Gasteiger partial charge in [0.2, 0.25) is 11.9 Å². The highest BCUT2D eigenvalue weighted by atomic mass is 19.1. The van der Waals surface area contributed by atoms with Gasteiger partial charge in [0.25, 0.3) is 0 Å². The minimum atomic E-state index is -0.283. The summed E-state index contributed by atoms with van der Waals surface area (Å²) >= 11 is 0. The molecule has 0 aliphatic carbocycles. The molecule has 0 saturated heterocycles. The van der Waals surface area contributed by atoms with Crippen LogP contribution >= 0.6 is 0 Å². The molecule has 1 N–H and O–H groups in total. The largest absolute Gasteiger partial charge is 0.350 e. The van der Waals surface area contributed by atoms with Crippen LogP contribution in [0, 0.1) is 12.7 Å². The molecular formula is C21H24FN7O. The van der Waals surface area contributed by atoms with Crippen molar-refractivity contribution in [2.75, 3.05) is 29.2 Å². The lowest BCUT2D eigenvalue weighted by atomic mass is 10.1. The van der Waals surface area contributed by atoms with Crippen molar-refractivity contribution in [3.63, 3.8) is 0 Å². The van der Waals surface area contributed by atoms with Crippen LogP contribution in [0.2, 0.25) is 0 Å². The van der Waals surface area contributed by atoms with E-state index in [1.807, 2.05) is 32.0 Å². The third-order valence-corrected chi connectivity index (χ3v) is 5.37. The molecule has 156 valence electrons. The van der Waals surface area contributed by atoms with Crippen LogP contribution in [0.3, 0.4) is 0 Å². The van der Waals surface area contributed by atoms with Crippen molar-refractivity contribution in [3.05, 3.63) is 59.3 Å². The van der Waals surface area contributed by atoms with Crippen LogP contribution < -0.4 is 15.1 Å². The summed E-state index contributed by atoms with van der Waals surface area (Å²) in [5, 5.41) is 7.61. The highest BCUT2D eigenvalue weighted by molar-refractivity contribution is 6.04. The maximum atomic E-state index is 13.0. The number of benzene rings is 1. The number of carbonyl (C=O) groups is 1. The number of aromatic nitrogens is 4. The summed E-state index contributed by atoms with van der Waals surface area (Å²) in [7, 11) is 3.62. The molecule has 0 unspecified atom stereocenters. The molecule has 8 nitrogen and oxygen atoms in total. The average Bonchev–Trinajstić information content (AvgIpc) is 3.17. The molecule has 0 fully saturated rings. The van der Waals surface area contributed by atoms with E-state index in [0.29, 0.717) is 19.0 Å². The van der Waals surface area contributed by atoms with E-state index in [1.165, 1.54) is 12.1 Å². The van der Waals surface area contributed by atoms with Gasteiger partial charge in [-0.25, -0.2) is 9.37 Å². The Bertz CT molecular complexity index is 1080. The maximum Gasteiger partial charge on any atom is 0.249 e. The van der Waals surface area contributed by atoms with Crippen LogP contribution in [0.5, 0.6) is 0 Å². The molecule has 3 heterocycles. The van der Waals surface area contributed by atoms with Gasteiger partial charge < -0.3 is 15.1 Å². The first-order chi connectivity index (χ1) is 14.3. The molecule has 1 aromatic carbocycles. The van der Waals surface area contributed by atoms with Crippen molar-refractivity contribution in [2.24, 2.45) is 0 Å². The Morgan fingerprint density at radius 2 is 1.87 bits per heavy atom. The number of aryl methyl sites for hydroxylation is 1. The van der Waals surface area contributed by atoms with E-state index in [9.17, 15) is 9.18 Å². The summed E-state index contributed by atoms with van der Waals surface area (Å²) in [6.07, 6.45) is 3.71. The smallest absolute Gasteiger partial charge is 0.249 e. The second-order valence-corrected chi connectivity index (χ2v) is 7.52. The summed E-state index contributed by atoms with van der Waals surface area (Å²) in [5.74, 6) is 0.997. The van der Waals surface area contributed by atoms with Gasteiger partial charge in [0, 0.05) is 32.4 Å². The van der Waals surface area contributed by atoms with E-state index < -0.39 is 0 Å². The van der Waals surface area contributed by atoms with E-state index in [2.05, 4.69) is 20.4 Å². The lowest BCUT2D eigenvalue weighted by Gasteiger charge is -2.37. The van der Waals surface area contributed by atoms with Crippen LogP contribution in [-0.2, 0) is 17.9 Å². The minimum Gasteiger partial charge on any atom is -0.350 e. The zero-order valence-corrected chi connectivity index (χ0v) is 17.4. The summed E-state index contributed by atoms with van der Waals surface area (Å²) in [6.45, 7) is 4.81. The van der Waals surface area contributed by atoms with Gasteiger partial charge in [0.15, 0.2) is 5.82 Å². The van der Waals surface area contributed by atoms with Gasteiger partial charge in [-0.1, -0.05) is 12.1 Å². The number of likely N-dealkylation sites (N-methyl/N-ethyl adjacent to an activating group) is 2. The summed E-state index contributed by atoms with van der Waals surface area (Å²) in [5.41, 5.74) is 3.43. The predicted octanol–water partition coefficient (Wildman–Crippen LogP) is 2.58. The van der Waals surface area contributed by atoms with Gasteiger partial charge >= 0.3 is 0 Å². The SMILES string of the molecule is Cc1nc(NCc2cnn(Cc3ccc(F)cc3)c2)nc2c1N(C)C(=O)[C@@H](C)N2C. The number of hydrogen-bond acceptors (Lipinski definition) is 6. The van der Waals surface area contributed by atoms with Gasteiger partial charge in [-0.05, 0) is 31.5 Å². The molecule has 1 aliphatic rings. The number of carbonyl (C=O) groups excluding carboxylic acids is 1. The van der Waals surface area contributed by atoms with E-state index >= 15 is 0 Å². The maximum absolute atomic E-state index is 13.0. The van der Waals surface area contributed by atoms with Crippen molar-refractivity contribution in [2.45, 2.75) is 33.0 Å². The predicted molar refractivity (Wildman–Crippen MR) is 113 cm³/mol. The molecular weight excluding hydrogens is 385 g/mol. The van der Waals surface area contributed by atoms with Crippen LogP contribution in [0.4, 0.5) is 21.8 Å². The van der Waals surface area contributed by atoms with Crippen molar-refractivity contribution in [1.29, 1.82) is 0 Å². The lowest BCUT2D eigenvalue weighted by Crippen LogP contribution is -2.49. The second-order valence-electron chi connectivity index (χ2n) is 7.52. The Morgan fingerprint density at radius 1 is 1.13 bits per heavy atom. The summed E-state index contributed by atoms with van der Waals surface area (Å²) in [4.78, 5) is 25.0. The molecule has 3 aromatic rings. The fourth-order valence-electron chi connectivity index (χ4n) is 3.55. The Labute approximate surface area is 174 Å². The third kappa shape index (κ3) is 3.70. The molecule has 0 saturated carbocycles. The molecule has 2 aromatic heterocycles. The number of rotatable bonds is 5. The molecule has 9 heteroatoms. The number of fused-ring (bicyclic) bond motifs is 1. The van der Waals surface area contributed by atoms with Gasteiger partial charge in [-0.3, -0.25) is 9.48 Å². The first-order valence-electron chi connectivity index (χ1n) is 9.72. The third-order valence-electron chi connectivity index (χ3n) is 5.37. The van der Waals surface area contributed by atoms with Crippen molar-refractivity contribution >= 4 is 23.4 Å². The molecule has 0 bridgehead atoms. The first kappa shape index (κ1) is 19.8. The molecule has 1 aliphatic heterocycles. The van der Waals surface area contributed by atoms with E-state index in [4.69, 9.17) is 0 Å². The molecule has 4 rings (SSSR count). The number of nitrogens with one attached hydrogen (secondary N) is 1. The van der Waals surface area contributed by atoms with Crippen LogP contribution in [0.15, 0.2) is 36.7 Å². The molecule has 1 amide bonds. The van der Waals surface area contributed by atoms with E-state index in [-0.39, 0.29) is 17.8 Å². The van der Waals surface area contributed by atoms with E-state index in [1.54, 1.807) is 35.0 Å². The number of nitrogens with zero attached hydrogens (tertiary/aromatic N) is 6. The first-order valence-corrected chi connectivity index (χ1v) is 9.72. The molecule has 0 spiro atoms. The minimum absolute atomic E-state index is 0.0194. The van der Waals surface area contributed by atoms with Gasteiger partial charge in [-0.15, -0.1) is 0 Å². The number of hydrogen-bond donors (Lipinski definition) is 1. The van der Waals surface area contributed by atoms with Crippen LogP contribution in [0.1, 0.15) is 23.7 Å². The fraction of sp³-hybridized carbons (Fsp3) is 0.333. The number of anilines is 3. The van der Waals surface area contributed by atoms with Crippen molar-refractivity contribution in [3.8, 4) is 0 Å².